The van der Waals surface area contributed by atoms with Gasteiger partial charge in [-0.15, -0.1) is 0 Å². The van der Waals surface area contributed by atoms with Crippen LogP contribution in [0.1, 0.15) is 50.0 Å². The molecule has 0 spiro atoms. The van der Waals surface area contributed by atoms with Gasteiger partial charge in [-0.25, -0.2) is 0 Å². The molecule has 1 N–H and O–H groups in total. The average molecular weight is 418 g/mol. The van der Waals surface area contributed by atoms with E-state index >= 15 is 0 Å². The summed E-state index contributed by atoms with van der Waals surface area (Å²) in [7, 11) is -1.71. The minimum atomic E-state index is -1.71. The molecular formula is C20H39NO2S2Si. The predicted molar refractivity (Wildman–Crippen MR) is 125 cm³/mol. The Labute approximate surface area is 175 Å². The summed E-state index contributed by atoms with van der Waals surface area (Å²) in [6.07, 6.45) is 0.971. The second kappa shape index (κ2) is 9.98. The number of β-amino-alcohol motifs (C(OH)–C–C–N with tert-alkyl or cyclic N) is 1. The van der Waals surface area contributed by atoms with Crippen LogP contribution in [0.3, 0.4) is 0 Å². The number of hydrogen-bond acceptors (Lipinski definition) is 3. The van der Waals surface area contributed by atoms with Crippen LogP contribution in [0, 0.1) is 13.8 Å². The highest BCUT2D eigenvalue weighted by Gasteiger charge is 2.40. The second-order valence-electron chi connectivity index (χ2n) is 8.99. The molecule has 0 unspecified atom stereocenters. The van der Waals surface area contributed by atoms with Crippen molar-refractivity contribution in [2.75, 3.05) is 19.6 Å². The minimum absolute atomic E-state index is 0. The molecule has 3 nitrogen and oxygen atoms in total. The van der Waals surface area contributed by atoms with E-state index in [0.717, 1.165) is 25.1 Å². The summed E-state index contributed by atoms with van der Waals surface area (Å²) in [5, 5.41) is 10.9. The van der Waals surface area contributed by atoms with Crippen molar-refractivity contribution in [3.05, 3.63) is 34.9 Å². The van der Waals surface area contributed by atoms with E-state index in [0.29, 0.717) is 12.6 Å². The Balaban J connectivity index is 0.00000312. The van der Waals surface area contributed by atoms with Crippen molar-refractivity contribution < 1.29 is 9.53 Å². The Morgan fingerprint density at radius 2 is 1.69 bits per heavy atom. The third kappa shape index (κ3) is 6.88. The molecule has 1 aliphatic heterocycles. The van der Waals surface area contributed by atoms with Crippen LogP contribution in [-0.2, 0) is 4.43 Å². The maximum Gasteiger partial charge on any atom is 0.192 e. The fourth-order valence-corrected chi connectivity index (χ4v) is 4.58. The van der Waals surface area contributed by atoms with Crippen LogP contribution in [0.25, 0.3) is 0 Å². The zero-order chi connectivity index (χ0) is 18.1. The summed E-state index contributed by atoms with van der Waals surface area (Å²) < 4.78 is 6.53. The number of likely N-dealkylation sites (tertiary alicyclic amines) is 1. The van der Waals surface area contributed by atoms with E-state index < -0.39 is 14.4 Å². The third-order valence-corrected chi connectivity index (χ3v) is 10.1. The lowest BCUT2D eigenvalue weighted by molar-refractivity contribution is 0.115. The fourth-order valence-electron chi connectivity index (χ4n) is 3.20. The van der Waals surface area contributed by atoms with E-state index in [1.165, 1.54) is 11.1 Å². The Kier molecular flexibility index (Phi) is 9.99. The first-order valence-electron chi connectivity index (χ1n) is 9.14. The van der Waals surface area contributed by atoms with Crippen LogP contribution in [0.4, 0.5) is 0 Å². The molecule has 0 radical (unpaired) electrons. The largest absolute Gasteiger partial charge is 0.413 e. The van der Waals surface area contributed by atoms with Gasteiger partial charge in [-0.2, -0.15) is 27.0 Å². The maximum atomic E-state index is 10.6. The van der Waals surface area contributed by atoms with Crippen LogP contribution in [-0.4, -0.2) is 44.1 Å². The molecule has 1 aromatic carbocycles. The normalized spacial score (nSPS) is 19.6. The summed E-state index contributed by atoms with van der Waals surface area (Å²) in [4.78, 5) is 2.35. The summed E-state index contributed by atoms with van der Waals surface area (Å²) in [6.45, 7) is 18.3. The Hall–Kier alpha value is 0.0169. The monoisotopic (exact) mass is 417 g/mol. The molecule has 6 heteroatoms. The Morgan fingerprint density at radius 1 is 1.15 bits per heavy atom. The van der Waals surface area contributed by atoms with Gasteiger partial charge in [-0.05, 0) is 44.0 Å². The van der Waals surface area contributed by atoms with E-state index in [4.69, 9.17) is 4.43 Å². The van der Waals surface area contributed by atoms with Crippen LogP contribution in [0.5, 0.6) is 0 Å². The molecule has 1 heterocycles. The van der Waals surface area contributed by atoms with Gasteiger partial charge in [0.05, 0.1) is 12.2 Å². The molecule has 0 aliphatic carbocycles. The van der Waals surface area contributed by atoms with Gasteiger partial charge in [0.25, 0.3) is 0 Å². The average Bonchev–Trinajstić information content (AvgIpc) is 2.82. The van der Waals surface area contributed by atoms with Gasteiger partial charge in [0.2, 0.25) is 0 Å². The highest BCUT2D eigenvalue weighted by atomic mass is 32.1. The van der Waals surface area contributed by atoms with E-state index in [9.17, 15) is 5.11 Å². The highest BCUT2D eigenvalue weighted by molar-refractivity contribution is 7.59. The van der Waals surface area contributed by atoms with Crippen molar-refractivity contribution in [3.8, 4) is 0 Å². The standard InChI is InChI=1S/C20H35NO2Si.2H2S/c1-15-10-16(2)12-17(11-15)19(22)14-21-9-8-18(13-21)23-24(6,7)20(3,4)5;;/h10-12,18-19,22H,8-9,13-14H2,1-7H3;2*1H2/t18-,19+;;/m0../s1. The van der Waals surface area contributed by atoms with Gasteiger partial charge >= 0.3 is 0 Å². The summed E-state index contributed by atoms with van der Waals surface area (Å²) >= 11 is 0. The molecule has 2 rings (SSSR count). The van der Waals surface area contributed by atoms with Gasteiger partial charge < -0.3 is 9.53 Å². The quantitative estimate of drug-likeness (QED) is 0.707. The third-order valence-electron chi connectivity index (χ3n) is 5.56. The molecular weight excluding hydrogens is 378 g/mol. The molecule has 0 bridgehead atoms. The van der Waals surface area contributed by atoms with Crippen LogP contribution < -0.4 is 0 Å². The summed E-state index contributed by atoms with van der Waals surface area (Å²) in [5.74, 6) is 0. The molecule has 0 aromatic heterocycles. The van der Waals surface area contributed by atoms with Gasteiger partial charge in [-0.1, -0.05) is 50.1 Å². The molecule has 26 heavy (non-hydrogen) atoms. The fraction of sp³-hybridized carbons (Fsp3) is 0.700. The predicted octanol–water partition coefficient (Wildman–Crippen LogP) is 4.66. The van der Waals surface area contributed by atoms with Crippen molar-refractivity contribution in [1.82, 2.24) is 4.90 Å². The van der Waals surface area contributed by atoms with Crippen LogP contribution >= 0.6 is 27.0 Å². The molecule has 1 fully saturated rings. The van der Waals surface area contributed by atoms with Gasteiger partial charge in [0, 0.05) is 19.6 Å². The van der Waals surface area contributed by atoms with Crippen molar-refractivity contribution in [2.24, 2.45) is 0 Å². The highest BCUT2D eigenvalue weighted by Crippen LogP contribution is 2.38. The summed E-state index contributed by atoms with van der Waals surface area (Å²) in [5.41, 5.74) is 3.45. The van der Waals surface area contributed by atoms with Gasteiger partial charge in [0.15, 0.2) is 8.32 Å². The zero-order valence-corrected chi connectivity index (χ0v) is 20.5. The van der Waals surface area contributed by atoms with E-state index in [1.807, 2.05) is 0 Å². The maximum absolute atomic E-state index is 10.6. The number of aryl methyl sites for hydroxylation is 2. The van der Waals surface area contributed by atoms with Gasteiger partial charge in [0.1, 0.15) is 0 Å². The first-order valence-corrected chi connectivity index (χ1v) is 12.1. The smallest absolute Gasteiger partial charge is 0.192 e. The number of nitrogens with zero attached hydrogens (tertiary/aromatic N) is 1. The topological polar surface area (TPSA) is 32.7 Å². The lowest BCUT2D eigenvalue weighted by Gasteiger charge is -2.38. The molecule has 1 saturated heterocycles. The first-order chi connectivity index (χ1) is 11.0. The zero-order valence-electron chi connectivity index (χ0n) is 17.5. The van der Waals surface area contributed by atoms with Crippen molar-refractivity contribution in [3.63, 3.8) is 0 Å². The first kappa shape index (κ1) is 26.0. The number of aliphatic hydroxyl groups is 1. The molecule has 0 amide bonds. The Morgan fingerprint density at radius 3 is 2.19 bits per heavy atom. The SMILES string of the molecule is Cc1cc(C)cc([C@H](O)CN2CC[C@H](O[Si](C)(C)C(C)(C)C)C2)c1.S.S. The lowest BCUT2D eigenvalue weighted by Crippen LogP contribution is -2.44. The molecule has 1 aliphatic rings. The van der Waals surface area contributed by atoms with E-state index in [1.54, 1.807) is 0 Å². The van der Waals surface area contributed by atoms with E-state index in [-0.39, 0.29) is 32.0 Å². The molecule has 2 atom stereocenters. The number of aliphatic hydroxyl groups excluding tert-OH is 1. The van der Waals surface area contributed by atoms with Crippen molar-refractivity contribution in [1.29, 1.82) is 0 Å². The number of benzene rings is 1. The number of rotatable bonds is 5. The van der Waals surface area contributed by atoms with Crippen LogP contribution in [0.15, 0.2) is 18.2 Å². The number of hydrogen-bond donors (Lipinski definition) is 1. The lowest BCUT2D eigenvalue weighted by atomic mass is 10.0. The second-order valence-corrected chi connectivity index (χ2v) is 13.7. The summed E-state index contributed by atoms with van der Waals surface area (Å²) in [6, 6.07) is 6.34. The van der Waals surface area contributed by atoms with Crippen LogP contribution in [0.2, 0.25) is 18.1 Å². The minimum Gasteiger partial charge on any atom is -0.413 e. The molecule has 152 valence electrons. The van der Waals surface area contributed by atoms with Crippen molar-refractivity contribution in [2.45, 2.75) is 71.4 Å². The molecule has 1 aromatic rings. The Bertz CT molecular complexity index is 555. The van der Waals surface area contributed by atoms with Gasteiger partial charge in [-0.3, -0.25) is 4.90 Å². The van der Waals surface area contributed by atoms with E-state index in [2.05, 4.69) is 70.8 Å². The molecule has 0 saturated carbocycles. The van der Waals surface area contributed by atoms with Crippen molar-refractivity contribution >= 4 is 35.3 Å².